The van der Waals surface area contributed by atoms with E-state index in [0.717, 1.165) is 17.4 Å². The van der Waals surface area contributed by atoms with Crippen LogP contribution in [0.2, 0.25) is 0 Å². The summed E-state index contributed by atoms with van der Waals surface area (Å²) in [5.74, 6) is -0.127. The van der Waals surface area contributed by atoms with Gasteiger partial charge in [-0.3, -0.25) is 4.79 Å². The lowest BCUT2D eigenvalue weighted by atomic mass is 10.3. The van der Waals surface area contributed by atoms with Gasteiger partial charge in [0.1, 0.15) is 0 Å². The van der Waals surface area contributed by atoms with E-state index in [1.165, 1.54) is 7.05 Å². The van der Waals surface area contributed by atoms with Gasteiger partial charge in [-0.2, -0.15) is 4.31 Å². The minimum absolute atomic E-state index is 0.0689. The number of hydrogen-bond acceptors (Lipinski definition) is 4. The quantitative estimate of drug-likeness (QED) is 0.713. The van der Waals surface area contributed by atoms with Crippen LogP contribution in [-0.2, 0) is 14.8 Å². The number of nitrogens with one attached hydrogen (secondary N) is 1. The molecule has 100 valence electrons. The van der Waals surface area contributed by atoms with Crippen LogP contribution in [-0.4, -0.2) is 68.6 Å². The van der Waals surface area contributed by atoms with Gasteiger partial charge in [0.2, 0.25) is 15.9 Å². The van der Waals surface area contributed by atoms with Crippen molar-refractivity contribution in [3.63, 3.8) is 0 Å². The van der Waals surface area contributed by atoms with Crippen LogP contribution in [0.15, 0.2) is 0 Å². The largest absolute Gasteiger partial charge is 0.339 e. The molecular formula is C10H21N3O3S. The lowest BCUT2D eigenvalue weighted by Gasteiger charge is -2.29. The molecule has 1 amide bonds. The van der Waals surface area contributed by atoms with Gasteiger partial charge in [-0.05, 0) is 13.8 Å². The van der Waals surface area contributed by atoms with Gasteiger partial charge in [-0.15, -0.1) is 0 Å². The van der Waals surface area contributed by atoms with Gasteiger partial charge in [-0.25, -0.2) is 8.42 Å². The molecular weight excluding hydrogens is 242 g/mol. The second-order valence-electron chi connectivity index (χ2n) is 4.48. The Morgan fingerprint density at radius 1 is 1.35 bits per heavy atom. The van der Waals surface area contributed by atoms with E-state index in [4.69, 9.17) is 0 Å². The summed E-state index contributed by atoms with van der Waals surface area (Å²) < 4.78 is 24.7. The Balaban J connectivity index is 2.56. The molecule has 1 N–H and O–H groups in total. The van der Waals surface area contributed by atoms with E-state index < -0.39 is 15.3 Å². The Bertz CT molecular complexity index is 361. The number of piperazine rings is 1. The van der Waals surface area contributed by atoms with Crippen LogP contribution >= 0.6 is 0 Å². The first kappa shape index (κ1) is 14.4. The number of amides is 1. The van der Waals surface area contributed by atoms with E-state index in [-0.39, 0.29) is 12.5 Å². The van der Waals surface area contributed by atoms with Crippen molar-refractivity contribution in [2.45, 2.75) is 19.1 Å². The molecule has 1 heterocycles. The van der Waals surface area contributed by atoms with Crippen molar-refractivity contribution in [3.05, 3.63) is 0 Å². The summed E-state index contributed by atoms with van der Waals surface area (Å²) in [5.41, 5.74) is 0. The Labute approximate surface area is 103 Å². The van der Waals surface area contributed by atoms with Crippen LogP contribution in [0.4, 0.5) is 0 Å². The molecule has 1 saturated heterocycles. The molecule has 1 aliphatic heterocycles. The minimum atomic E-state index is -3.34. The molecule has 7 heteroatoms. The second-order valence-corrected chi connectivity index (χ2v) is 7.08. The van der Waals surface area contributed by atoms with Gasteiger partial charge in [-0.1, -0.05) is 0 Å². The fraction of sp³-hybridized carbons (Fsp3) is 0.900. The Kier molecular flexibility index (Phi) is 4.91. The molecule has 0 radical (unpaired) electrons. The molecule has 0 aromatic rings. The smallest absolute Gasteiger partial charge is 0.237 e. The fourth-order valence-electron chi connectivity index (χ4n) is 1.65. The SMILES string of the molecule is CC(C)S(=O)(=O)N(C)CC(=O)N1CCNCC1. The summed E-state index contributed by atoms with van der Waals surface area (Å²) in [7, 11) is -1.89. The molecule has 17 heavy (non-hydrogen) atoms. The van der Waals surface area contributed by atoms with Gasteiger partial charge in [0, 0.05) is 33.2 Å². The van der Waals surface area contributed by atoms with Crippen molar-refractivity contribution in [1.29, 1.82) is 0 Å². The number of rotatable bonds is 4. The molecule has 0 aromatic carbocycles. The molecule has 6 nitrogen and oxygen atoms in total. The highest BCUT2D eigenvalue weighted by atomic mass is 32.2. The molecule has 1 fully saturated rings. The van der Waals surface area contributed by atoms with Gasteiger partial charge in [0.05, 0.1) is 11.8 Å². The van der Waals surface area contributed by atoms with Crippen molar-refractivity contribution in [1.82, 2.24) is 14.5 Å². The maximum atomic E-state index is 11.9. The Morgan fingerprint density at radius 2 is 1.88 bits per heavy atom. The molecule has 0 saturated carbocycles. The number of hydrogen-bond donors (Lipinski definition) is 1. The highest BCUT2D eigenvalue weighted by Crippen LogP contribution is 2.06. The predicted molar refractivity (Wildman–Crippen MR) is 66.1 cm³/mol. The minimum Gasteiger partial charge on any atom is -0.339 e. The summed E-state index contributed by atoms with van der Waals surface area (Å²) in [6.45, 7) is 5.99. The van der Waals surface area contributed by atoms with E-state index >= 15 is 0 Å². The molecule has 0 bridgehead atoms. The first-order chi connectivity index (χ1) is 7.85. The van der Waals surface area contributed by atoms with Crippen LogP contribution in [0.3, 0.4) is 0 Å². The first-order valence-corrected chi connectivity index (χ1v) is 7.29. The summed E-state index contributed by atoms with van der Waals surface area (Å²) in [6, 6.07) is 0. The van der Waals surface area contributed by atoms with E-state index in [1.54, 1.807) is 18.7 Å². The van der Waals surface area contributed by atoms with Crippen LogP contribution in [0.25, 0.3) is 0 Å². The molecule has 1 aliphatic rings. The van der Waals surface area contributed by atoms with Crippen LogP contribution in [0.5, 0.6) is 0 Å². The second kappa shape index (κ2) is 5.79. The van der Waals surface area contributed by atoms with Crippen molar-refractivity contribution in [2.24, 2.45) is 0 Å². The third kappa shape index (κ3) is 3.65. The Hall–Kier alpha value is -0.660. The van der Waals surface area contributed by atoms with Gasteiger partial charge < -0.3 is 10.2 Å². The standard InChI is InChI=1S/C10H21N3O3S/c1-9(2)17(15,16)12(3)8-10(14)13-6-4-11-5-7-13/h9,11H,4-8H2,1-3H3. The summed E-state index contributed by atoms with van der Waals surface area (Å²) in [5, 5.41) is 2.65. The van der Waals surface area contributed by atoms with Gasteiger partial charge in [0.25, 0.3) is 0 Å². The number of carbonyl (C=O) groups excluding carboxylic acids is 1. The third-order valence-electron chi connectivity index (χ3n) is 2.86. The molecule has 0 spiro atoms. The average molecular weight is 263 g/mol. The maximum Gasteiger partial charge on any atom is 0.237 e. The third-order valence-corrected chi connectivity index (χ3v) is 5.05. The number of carbonyl (C=O) groups is 1. The van der Waals surface area contributed by atoms with Crippen LogP contribution in [0.1, 0.15) is 13.8 Å². The zero-order valence-electron chi connectivity index (χ0n) is 10.6. The maximum absolute atomic E-state index is 11.9. The van der Waals surface area contributed by atoms with E-state index in [1.807, 2.05) is 0 Å². The highest BCUT2D eigenvalue weighted by Gasteiger charge is 2.26. The van der Waals surface area contributed by atoms with E-state index in [2.05, 4.69) is 5.32 Å². The van der Waals surface area contributed by atoms with Crippen LogP contribution < -0.4 is 5.32 Å². The van der Waals surface area contributed by atoms with Gasteiger partial charge >= 0.3 is 0 Å². The molecule has 0 unspecified atom stereocenters. The summed E-state index contributed by atoms with van der Waals surface area (Å²) >= 11 is 0. The summed E-state index contributed by atoms with van der Waals surface area (Å²) in [4.78, 5) is 13.6. The molecule has 0 aliphatic carbocycles. The van der Waals surface area contributed by atoms with Crippen molar-refractivity contribution < 1.29 is 13.2 Å². The van der Waals surface area contributed by atoms with Crippen LogP contribution in [0, 0.1) is 0 Å². The normalized spacial score (nSPS) is 17.8. The van der Waals surface area contributed by atoms with E-state index in [9.17, 15) is 13.2 Å². The highest BCUT2D eigenvalue weighted by molar-refractivity contribution is 7.89. The van der Waals surface area contributed by atoms with Crippen molar-refractivity contribution in [2.75, 3.05) is 39.8 Å². The lowest BCUT2D eigenvalue weighted by Crippen LogP contribution is -2.50. The fourth-order valence-corrected chi connectivity index (χ4v) is 2.66. The summed E-state index contributed by atoms with van der Waals surface area (Å²) in [6.07, 6.45) is 0. The topological polar surface area (TPSA) is 69.7 Å². The molecule has 1 rings (SSSR count). The number of sulfonamides is 1. The monoisotopic (exact) mass is 263 g/mol. The first-order valence-electron chi connectivity index (χ1n) is 5.79. The van der Waals surface area contributed by atoms with Gasteiger partial charge in [0.15, 0.2) is 0 Å². The van der Waals surface area contributed by atoms with Crippen molar-refractivity contribution in [3.8, 4) is 0 Å². The molecule has 0 atom stereocenters. The Morgan fingerprint density at radius 3 is 2.35 bits per heavy atom. The van der Waals surface area contributed by atoms with Crippen molar-refractivity contribution >= 4 is 15.9 Å². The predicted octanol–water partition coefficient (Wildman–Crippen LogP) is -0.912. The number of nitrogens with zero attached hydrogens (tertiary/aromatic N) is 2. The average Bonchev–Trinajstić information content (AvgIpc) is 2.29. The van der Waals surface area contributed by atoms with E-state index in [0.29, 0.717) is 13.1 Å². The molecule has 0 aromatic heterocycles. The zero-order valence-corrected chi connectivity index (χ0v) is 11.5. The lowest BCUT2D eigenvalue weighted by molar-refractivity contribution is -0.131. The zero-order chi connectivity index (χ0) is 13.1. The number of likely N-dealkylation sites (N-methyl/N-ethyl adjacent to an activating group) is 1.